The molecule has 0 aliphatic carbocycles. The summed E-state index contributed by atoms with van der Waals surface area (Å²) < 4.78 is 18.3. The van der Waals surface area contributed by atoms with Crippen LogP contribution in [-0.2, 0) is 0 Å². The molecule has 1 heterocycles. The van der Waals surface area contributed by atoms with Gasteiger partial charge in [-0.2, -0.15) is 0 Å². The van der Waals surface area contributed by atoms with Crippen molar-refractivity contribution in [3.05, 3.63) is 29.6 Å². The summed E-state index contributed by atoms with van der Waals surface area (Å²) in [5, 5.41) is 7.10. The minimum absolute atomic E-state index is 0.0670. The summed E-state index contributed by atoms with van der Waals surface area (Å²) in [5.41, 5.74) is 6.29. The van der Waals surface area contributed by atoms with E-state index in [2.05, 4.69) is 10.2 Å². The summed E-state index contributed by atoms with van der Waals surface area (Å²) in [4.78, 5) is 0. The number of aromatic nitrogens is 2. The third-order valence-corrected chi connectivity index (χ3v) is 1.88. The smallest absolute Gasteiger partial charge is 0.313 e. The van der Waals surface area contributed by atoms with E-state index in [1.54, 1.807) is 19.1 Å². The molecule has 0 saturated heterocycles. The van der Waals surface area contributed by atoms with Crippen LogP contribution in [0.5, 0.6) is 0 Å². The van der Waals surface area contributed by atoms with E-state index in [0.29, 0.717) is 5.56 Å². The number of nitrogens with two attached hydrogens (primary N) is 1. The molecule has 0 amide bonds. The lowest BCUT2D eigenvalue weighted by Crippen LogP contribution is -1.88. The fraction of sp³-hybridized carbons (Fsp3) is 0.273. The molecular formula is C11H14FN3O. The van der Waals surface area contributed by atoms with Crippen LogP contribution in [0.1, 0.15) is 19.4 Å². The van der Waals surface area contributed by atoms with Gasteiger partial charge in [0.05, 0.1) is 5.56 Å². The summed E-state index contributed by atoms with van der Waals surface area (Å²) in [6.07, 6.45) is 0. The molecule has 86 valence electrons. The Morgan fingerprint density at radius 3 is 2.44 bits per heavy atom. The normalized spacial score (nSPS) is 9.50. The standard InChI is InChI=1S/C9H8FN3O.C2H6/c1-5-3-2-4-6(10)7(5)8-12-13-9(11)14-8;1-2/h2-4H,1H3,(H2,11,13);1-2H3. The van der Waals surface area contributed by atoms with Crippen molar-refractivity contribution in [1.82, 2.24) is 10.2 Å². The van der Waals surface area contributed by atoms with Crippen molar-refractivity contribution in [3.8, 4) is 11.5 Å². The second-order valence-corrected chi connectivity index (χ2v) is 2.88. The van der Waals surface area contributed by atoms with Gasteiger partial charge >= 0.3 is 6.01 Å². The van der Waals surface area contributed by atoms with Gasteiger partial charge in [-0.15, -0.1) is 5.10 Å². The van der Waals surface area contributed by atoms with E-state index in [0.717, 1.165) is 5.56 Å². The Bertz CT molecular complexity index is 448. The van der Waals surface area contributed by atoms with Gasteiger partial charge in [-0.3, -0.25) is 0 Å². The number of benzene rings is 1. The molecule has 16 heavy (non-hydrogen) atoms. The Morgan fingerprint density at radius 1 is 1.25 bits per heavy atom. The van der Waals surface area contributed by atoms with Gasteiger partial charge < -0.3 is 10.2 Å². The van der Waals surface area contributed by atoms with Crippen LogP contribution in [0.25, 0.3) is 11.5 Å². The van der Waals surface area contributed by atoms with Gasteiger partial charge in [-0.1, -0.05) is 31.1 Å². The van der Waals surface area contributed by atoms with Crippen molar-refractivity contribution in [2.24, 2.45) is 0 Å². The Morgan fingerprint density at radius 2 is 1.94 bits per heavy atom. The molecule has 0 aliphatic heterocycles. The van der Waals surface area contributed by atoms with Gasteiger partial charge in [0.1, 0.15) is 5.82 Å². The van der Waals surface area contributed by atoms with Crippen LogP contribution >= 0.6 is 0 Å². The SMILES string of the molecule is CC.Cc1cccc(F)c1-c1nnc(N)o1. The molecule has 0 atom stereocenters. The molecule has 2 aromatic rings. The van der Waals surface area contributed by atoms with Crippen molar-refractivity contribution in [2.45, 2.75) is 20.8 Å². The number of nitrogens with zero attached hydrogens (tertiary/aromatic N) is 2. The molecule has 2 N–H and O–H groups in total. The first-order valence-corrected chi connectivity index (χ1v) is 5.03. The highest BCUT2D eigenvalue weighted by Crippen LogP contribution is 2.25. The molecule has 0 fully saturated rings. The van der Waals surface area contributed by atoms with Crippen molar-refractivity contribution in [3.63, 3.8) is 0 Å². The number of anilines is 1. The highest BCUT2D eigenvalue weighted by Gasteiger charge is 2.13. The minimum Gasteiger partial charge on any atom is -0.403 e. The van der Waals surface area contributed by atoms with Crippen LogP contribution in [0.15, 0.2) is 22.6 Å². The molecule has 0 radical (unpaired) electrons. The zero-order valence-electron chi connectivity index (χ0n) is 9.49. The Labute approximate surface area is 93.3 Å². The van der Waals surface area contributed by atoms with Gasteiger partial charge in [0.25, 0.3) is 5.89 Å². The van der Waals surface area contributed by atoms with Gasteiger partial charge in [0.2, 0.25) is 0 Å². The van der Waals surface area contributed by atoms with Gasteiger partial charge in [-0.05, 0) is 18.6 Å². The first kappa shape index (κ1) is 12.2. The molecule has 1 aromatic carbocycles. The fourth-order valence-electron chi connectivity index (χ4n) is 1.24. The number of halogens is 1. The van der Waals surface area contributed by atoms with Crippen molar-refractivity contribution >= 4 is 6.01 Å². The largest absolute Gasteiger partial charge is 0.403 e. The average Bonchev–Trinajstić information content (AvgIpc) is 2.68. The molecule has 0 aliphatic rings. The van der Waals surface area contributed by atoms with Crippen LogP contribution in [0, 0.1) is 12.7 Å². The number of aryl methyl sites for hydroxylation is 1. The third-order valence-electron chi connectivity index (χ3n) is 1.88. The highest BCUT2D eigenvalue weighted by molar-refractivity contribution is 5.59. The molecule has 0 bridgehead atoms. The van der Waals surface area contributed by atoms with E-state index in [1.807, 2.05) is 13.8 Å². The lowest BCUT2D eigenvalue weighted by molar-refractivity contribution is 0.574. The molecule has 0 spiro atoms. The summed E-state index contributed by atoms with van der Waals surface area (Å²) in [5.74, 6) is -0.285. The van der Waals surface area contributed by atoms with Crippen LogP contribution in [-0.4, -0.2) is 10.2 Å². The molecular weight excluding hydrogens is 209 g/mol. The Kier molecular flexibility index (Phi) is 3.99. The number of rotatable bonds is 1. The first-order chi connectivity index (χ1) is 7.68. The number of hydrogen-bond donors (Lipinski definition) is 1. The second kappa shape index (κ2) is 5.25. The number of nitrogen functional groups attached to an aromatic ring is 1. The lowest BCUT2D eigenvalue weighted by Gasteiger charge is -2.00. The Balaban J connectivity index is 0.000000606. The van der Waals surface area contributed by atoms with Gasteiger partial charge in [-0.25, -0.2) is 4.39 Å². The van der Waals surface area contributed by atoms with E-state index >= 15 is 0 Å². The predicted octanol–water partition coefficient (Wildman–Crippen LogP) is 2.79. The Hall–Kier alpha value is -1.91. The van der Waals surface area contributed by atoms with Crippen LogP contribution in [0.4, 0.5) is 10.4 Å². The monoisotopic (exact) mass is 223 g/mol. The lowest BCUT2D eigenvalue weighted by atomic mass is 10.1. The van der Waals surface area contributed by atoms with Crippen molar-refractivity contribution in [1.29, 1.82) is 0 Å². The highest BCUT2D eigenvalue weighted by atomic mass is 19.1. The topological polar surface area (TPSA) is 64.9 Å². The van der Waals surface area contributed by atoms with E-state index < -0.39 is 5.82 Å². The first-order valence-electron chi connectivity index (χ1n) is 5.03. The second-order valence-electron chi connectivity index (χ2n) is 2.88. The van der Waals surface area contributed by atoms with Crippen LogP contribution < -0.4 is 5.73 Å². The quantitative estimate of drug-likeness (QED) is 0.807. The molecule has 1 aromatic heterocycles. The zero-order valence-corrected chi connectivity index (χ0v) is 9.49. The summed E-state index contributed by atoms with van der Waals surface area (Å²) >= 11 is 0. The van der Waals surface area contributed by atoms with E-state index in [-0.39, 0.29) is 11.9 Å². The summed E-state index contributed by atoms with van der Waals surface area (Å²) in [6, 6.07) is 4.65. The van der Waals surface area contributed by atoms with Gasteiger partial charge in [0, 0.05) is 0 Å². The fourth-order valence-corrected chi connectivity index (χ4v) is 1.24. The maximum Gasteiger partial charge on any atom is 0.313 e. The molecule has 5 heteroatoms. The molecule has 0 unspecified atom stereocenters. The van der Waals surface area contributed by atoms with E-state index in [9.17, 15) is 4.39 Å². The zero-order chi connectivity index (χ0) is 12.1. The molecule has 4 nitrogen and oxygen atoms in total. The molecule has 2 rings (SSSR count). The van der Waals surface area contributed by atoms with E-state index in [4.69, 9.17) is 10.2 Å². The number of hydrogen-bond acceptors (Lipinski definition) is 4. The third kappa shape index (κ3) is 2.36. The summed E-state index contributed by atoms with van der Waals surface area (Å²) in [6.45, 7) is 5.76. The van der Waals surface area contributed by atoms with Crippen LogP contribution in [0.2, 0.25) is 0 Å². The molecule has 0 saturated carbocycles. The predicted molar refractivity (Wildman–Crippen MR) is 60.2 cm³/mol. The average molecular weight is 223 g/mol. The van der Waals surface area contributed by atoms with E-state index in [1.165, 1.54) is 6.07 Å². The summed E-state index contributed by atoms with van der Waals surface area (Å²) in [7, 11) is 0. The minimum atomic E-state index is -0.395. The maximum absolute atomic E-state index is 13.4. The van der Waals surface area contributed by atoms with Crippen molar-refractivity contribution < 1.29 is 8.81 Å². The van der Waals surface area contributed by atoms with Crippen LogP contribution in [0.3, 0.4) is 0 Å². The van der Waals surface area contributed by atoms with Gasteiger partial charge in [0.15, 0.2) is 0 Å². The van der Waals surface area contributed by atoms with Crippen molar-refractivity contribution in [2.75, 3.05) is 5.73 Å². The maximum atomic E-state index is 13.4.